The number of hydrogen-bond acceptors (Lipinski definition) is 3. The van der Waals surface area contributed by atoms with E-state index in [9.17, 15) is 0 Å². The molecule has 0 radical (unpaired) electrons. The molecule has 56 valence electrons. The van der Waals surface area contributed by atoms with E-state index in [1.54, 1.807) is 6.19 Å². The van der Waals surface area contributed by atoms with Gasteiger partial charge in [-0.1, -0.05) is 11.8 Å². The Balaban J connectivity index is 3.69. The molecule has 0 aromatic heterocycles. The SMILES string of the molecule is CSC(=NCCCl)NC#N. The molecule has 5 heteroatoms. The van der Waals surface area contributed by atoms with Crippen molar-refractivity contribution in [2.24, 2.45) is 4.99 Å². The smallest absolute Gasteiger partial charge is 0.183 e. The number of rotatable bonds is 2. The standard InChI is InChI=1S/C5H8ClN3S/c1-10-5(9-4-7)8-3-2-6/h2-3H2,1H3,(H,8,9). The first-order valence-electron chi connectivity index (χ1n) is 2.64. The third-order valence-electron chi connectivity index (χ3n) is 0.696. The van der Waals surface area contributed by atoms with Gasteiger partial charge in [-0.15, -0.1) is 11.6 Å². The highest BCUT2D eigenvalue weighted by Gasteiger charge is 1.91. The van der Waals surface area contributed by atoms with Crippen LogP contribution < -0.4 is 5.32 Å². The molecule has 0 fully saturated rings. The lowest BCUT2D eigenvalue weighted by atomic mass is 10.8. The third-order valence-corrected chi connectivity index (χ3v) is 1.48. The number of hydrogen-bond donors (Lipinski definition) is 1. The maximum Gasteiger partial charge on any atom is 0.183 e. The van der Waals surface area contributed by atoms with E-state index < -0.39 is 0 Å². The Labute approximate surface area is 69.5 Å². The quantitative estimate of drug-likeness (QED) is 0.225. The summed E-state index contributed by atoms with van der Waals surface area (Å²) in [7, 11) is 0. The normalized spacial score (nSPS) is 10.7. The molecule has 0 aromatic carbocycles. The number of nitriles is 1. The highest BCUT2D eigenvalue weighted by molar-refractivity contribution is 8.13. The average molecular weight is 178 g/mol. The predicted octanol–water partition coefficient (Wildman–Crippen LogP) is 1.01. The summed E-state index contributed by atoms with van der Waals surface area (Å²) in [6.07, 6.45) is 3.63. The lowest BCUT2D eigenvalue weighted by molar-refractivity contribution is 1.12. The summed E-state index contributed by atoms with van der Waals surface area (Å²) in [4.78, 5) is 3.96. The molecule has 0 aliphatic carbocycles. The number of amidine groups is 1. The second kappa shape index (κ2) is 6.72. The van der Waals surface area contributed by atoms with Gasteiger partial charge in [0, 0.05) is 5.88 Å². The number of nitrogens with zero attached hydrogens (tertiary/aromatic N) is 2. The van der Waals surface area contributed by atoms with Crippen LogP contribution in [0.5, 0.6) is 0 Å². The Hall–Kier alpha value is -0.400. The van der Waals surface area contributed by atoms with Gasteiger partial charge >= 0.3 is 0 Å². The van der Waals surface area contributed by atoms with Crippen molar-refractivity contribution in [1.29, 1.82) is 5.26 Å². The number of nitrogens with one attached hydrogen (secondary N) is 1. The van der Waals surface area contributed by atoms with Crippen molar-refractivity contribution in [3.63, 3.8) is 0 Å². The summed E-state index contributed by atoms with van der Waals surface area (Å²) < 4.78 is 0. The molecule has 0 rings (SSSR count). The predicted molar refractivity (Wildman–Crippen MR) is 45.3 cm³/mol. The van der Waals surface area contributed by atoms with Crippen molar-refractivity contribution in [2.75, 3.05) is 18.7 Å². The molecule has 0 atom stereocenters. The van der Waals surface area contributed by atoms with E-state index in [0.29, 0.717) is 17.6 Å². The Kier molecular flexibility index (Phi) is 6.45. The van der Waals surface area contributed by atoms with E-state index in [1.165, 1.54) is 11.8 Å². The summed E-state index contributed by atoms with van der Waals surface area (Å²) in [6, 6.07) is 0. The molecule has 0 unspecified atom stereocenters. The second-order valence-corrected chi connectivity index (χ2v) is 2.49. The Morgan fingerprint density at radius 3 is 3.00 bits per heavy atom. The molecule has 1 N–H and O–H groups in total. The molecule has 0 aromatic rings. The zero-order valence-corrected chi connectivity index (χ0v) is 7.17. The molecule has 0 saturated carbocycles. The largest absolute Gasteiger partial charge is 0.272 e. The summed E-state index contributed by atoms with van der Waals surface area (Å²) >= 11 is 6.77. The lowest BCUT2D eigenvalue weighted by Gasteiger charge is -1.96. The molecule has 0 amide bonds. The topological polar surface area (TPSA) is 48.2 Å². The fourth-order valence-electron chi connectivity index (χ4n) is 0.347. The van der Waals surface area contributed by atoms with Crippen molar-refractivity contribution < 1.29 is 0 Å². The average Bonchev–Trinajstić information content (AvgIpc) is 1.98. The minimum absolute atomic E-state index is 0.483. The van der Waals surface area contributed by atoms with E-state index >= 15 is 0 Å². The van der Waals surface area contributed by atoms with Gasteiger partial charge in [-0.2, -0.15) is 5.26 Å². The minimum Gasteiger partial charge on any atom is -0.272 e. The molecule has 0 bridgehead atoms. The molecular formula is C5H8ClN3S. The van der Waals surface area contributed by atoms with Gasteiger partial charge in [-0.05, 0) is 6.26 Å². The van der Waals surface area contributed by atoms with Crippen LogP contribution >= 0.6 is 23.4 Å². The van der Waals surface area contributed by atoms with Crippen molar-refractivity contribution in [1.82, 2.24) is 5.32 Å². The van der Waals surface area contributed by atoms with Gasteiger partial charge in [0.1, 0.15) is 0 Å². The monoisotopic (exact) mass is 177 g/mol. The summed E-state index contributed by atoms with van der Waals surface area (Å²) in [5.74, 6) is 0.483. The van der Waals surface area contributed by atoms with Crippen molar-refractivity contribution in [3.05, 3.63) is 0 Å². The molecule has 3 nitrogen and oxygen atoms in total. The Morgan fingerprint density at radius 1 is 1.90 bits per heavy atom. The van der Waals surface area contributed by atoms with Crippen LogP contribution in [0.3, 0.4) is 0 Å². The molecule has 0 aliphatic rings. The van der Waals surface area contributed by atoms with E-state index in [0.717, 1.165) is 0 Å². The molecule has 10 heavy (non-hydrogen) atoms. The lowest BCUT2D eigenvalue weighted by Crippen LogP contribution is -2.13. The van der Waals surface area contributed by atoms with Gasteiger partial charge in [0.25, 0.3) is 0 Å². The molecular weight excluding hydrogens is 170 g/mol. The van der Waals surface area contributed by atoms with Gasteiger partial charge in [-0.25, -0.2) is 0 Å². The van der Waals surface area contributed by atoms with Gasteiger partial charge in [0.05, 0.1) is 6.54 Å². The van der Waals surface area contributed by atoms with Gasteiger partial charge in [0.15, 0.2) is 11.4 Å². The summed E-state index contributed by atoms with van der Waals surface area (Å²) in [5, 5.41) is 11.2. The highest BCUT2D eigenvalue weighted by Crippen LogP contribution is 1.93. The van der Waals surface area contributed by atoms with Crippen LogP contribution in [0.4, 0.5) is 0 Å². The zero-order chi connectivity index (χ0) is 7.82. The minimum atomic E-state index is 0.483. The first-order chi connectivity index (χ1) is 4.85. The summed E-state index contributed by atoms with van der Waals surface area (Å²) in [5.41, 5.74) is 0. The van der Waals surface area contributed by atoms with Crippen molar-refractivity contribution in [2.45, 2.75) is 0 Å². The van der Waals surface area contributed by atoms with Crippen LogP contribution in [0, 0.1) is 11.5 Å². The first-order valence-corrected chi connectivity index (χ1v) is 4.40. The van der Waals surface area contributed by atoms with E-state index in [1.807, 2.05) is 6.26 Å². The van der Waals surface area contributed by atoms with Crippen LogP contribution in [0.2, 0.25) is 0 Å². The van der Waals surface area contributed by atoms with Gasteiger partial charge in [0.2, 0.25) is 0 Å². The van der Waals surface area contributed by atoms with Crippen LogP contribution in [0.15, 0.2) is 4.99 Å². The third kappa shape index (κ3) is 4.48. The van der Waals surface area contributed by atoms with Gasteiger partial charge in [-0.3, -0.25) is 10.3 Å². The number of alkyl halides is 1. The summed E-state index contributed by atoms with van der Waals surface area (Å²) in [6.45, 7) is 0.548. The second-order valence-electron chi connectivity index (χ2n) is 1.32. The van der Waals surface area contributed by atoms with Crippen LogP contribution in [-0.2, 0) is 0 Å². The molecule has 0 saturated heterocycles. The Bertz CT molecular complexity index is 151. The van der Waals surface area contributed by atoms with Crippen molar-refractivity contribution in [3.8, 4) is 6.19 Å². The van der Waals surface area contributed by atoms with Crippen molar-refractivity contribution >= 4 is 28.5 Å². The van der Waals surface area contributed by atoms with Gasteiger partial charge < -0.3 is 0 Å². The maximum absolute atomic E-state index is 8.18. The molecule has 0 spiro atoms. The zero-order valence-electron chi connectivity index (χ0n) is 5.59. The first kappa shape index (κ1) is 9.60. The maximum atomic E-state index is 8.18. The van der Waals surface area contributed by atoms with Crippen LogP contribution in [0.1, 0.15) is 0 Å². The highest BCUT2D eigenvalue weighted by atomic mass is 35.5. The fraction of sp³-hybridized carbons (Fsp3) is 0.600. The molecule has 0 heterocycles. The van der Waals surface area contributed by atoms with E-state index in [-0.39, 0.29) is 0 Å². The number of halogens is 1. The van der Waals surface area contributed by atoms with Crippen LogP contribution in [-0.4, -0.2) is 23.8 Å². The van der Waals surface area contributed by atoms with E-state index in [4.69, 9.17) is 16.9 Å². The number of thioether (sulfide) groups is 1. The van der Waals surface area contributed by atoms with E-state index in [2.05, 4.69) is 10.3 Å². The number of aliphatic imine (C=N–C) groups is 1. The Morgan fingerprint density at radius 2 is 2.60 bits per heavy atom. The van der Waals surface area contributed by atoms with Crippen LogP contribution in [0.25, 0.3) is 0 Å². The molecule has 0 aliphatic heterocycles. The fourth-order valence-corrected chi connectivity index (χ4v) is 0.799.